The van der Waals surface area contributed by atoms with Crippen LogP contribution in [0.3, 0.4) is 0 Å². The first-order chi connectivity index (χ1) is 23.6. The Balaban J connectivity index is 1.35. The monoisotopic (exact) mass is 753 g/mol. The van der Waals surface area contributed by atoms with Crippen molar-refractivity contribution in [3.63, 3.8) is 0 Å². The van der Waals surface area contributed by atoms with Crippen LogP contribution in [0.25, 0.3) is 21.6 Å². The van der Waals surface area contributed by atoms with Gasteiger partial charge in [0.2, 0.25) is 0 Å². The molecule has 1 N–H and O–H groups in total. The molecule has 14 heteroatoms. The molecule has 0 saturated heterocycles. The van der Waals surface area contributed by atoms with Gasteiger partial charge >= 0.3 is 249 Å². The maximum absolute atomic E-state index is 12.3. The van der Waals surface area contributed by atoms with E-state index in [0.717, 1.165) is 41.2 Å². The standard InChI is InChI=1S/C35H35N3O9SSe/c1-2-3-4-5-6-7-8-9-10-11-16-47-25-14-12-22(13-15-25)30-21-49-35(48-30)32-26-17-23(36(41)42)19-28(34(39)40)31(26)33-27(32)18-24(37(43)44)20-29(33)38(45)46/h12-15,17-21H,2-11,16H2,1H3,(H,39,40)/b35-32+. The van der Waals surface area contributed by atoms with Gasteiger partial charge in [-0.3, -0.25) is 0 Å². The number of fused-ring (bicyclic) bond motifs is 3. The van der Waals surface area contributed by atoms with Gasteiger partial charge in [0.1, 0.15) is 0 Å². The van der Waals surface area contributed by atoms with Gasteiger partial charge < -0.3 is 0 Å². The van der Waals surface area contributed by atoms with Crippen LogP contribution in [-0.4, -0.2) is 47.4 Å². The van der Waals surface area contributed by atoms with Crippen LogP contribution in [-0.2, 0) is 0 Å². The minimum atomic E-state index is -1.51. The average Bonchev–Trinajstić information content (AvgIpc) is 3.69. The number of nitro benzene ring substituents is 3. The molecule has 12 nitrogen and oxygen atoms in total. The number of nitrogens with zero attached hydrogens (tertiary/aromatic N) is 3. The van der Waals surface area contributed by atoms with E-state index in [0.29, 0.717) is 16.0 Å². The first-order valence-electron chi connectivity index (χ1n) is 16.2. The number of hydrogen-bond acceptors (Lipinski definition) is 9. The number of benzene rings is 3. The summed E-state index contributed by atoms with van der Waals surface area (Å²) in [5.74, 6) is -0.761. The van der Waals surface area contributed by atoms with Crippen LogP contribution in [0, 0.1) is 30.3 Å². The van der Waals surface area contributed by atoms with Crippen LogP contribution >= 0.6 is 11.8 Å². The third-order valence-corrected chi connectivity index (χ3v) is 12.4. The Morgan fingerprint density at radius 1 is 0.776 bits per heavy atom. The molecule has 0 fully saturated rings. The summed E-state index contributed by atoms with van der Waals surface area (Å²) in [5.41, 5.74) is -0.896. The number of nitro groups is 3. The number of aromatic carboxylic acids is 1. The third kappa shape index (κ3) is 8.21. The SMILES string of the molecule is CCCCCCCCCCCCOc1ccc(C2=C[Se]/C(=C3\c4cc([N+](=O)[O-])cc(C(=O)O)c4-c4c3cc([N+](=O)[O-])cc4[N+](=O)[O-])S2)cc1. The van der Waals surface area contributed by atoms with Crippen molar-refractivity contribution in [1.29, 1.82) is 0 Å². The fourth-order valence-electron chi connectivity index (χ4n) is 6.04. The number of hydrogen-bond donors (Lipinski definition) is 1. The van der Waals surface area contributed by atoms with Gasteiger partial charge in [-0.05, 0) is 0 Å². The summed E-state index contributed by atoms with van der Waals surface area (Å²) in [7, 11) is 0. The van der Waals surface area contributed by atoms with Crippen LogP contribution in [0.1, 0.15) is 98.2 Å². The summed E-state index contributed by atoms with van der Waals surface area (Å²) >= 11 is 0.989. The summed E-state index contributed by atoms with van der Waals surface area (Å²) in [6, 6.07) is 11.7. The van der Waals surface area contributed by atoms with E-state index in [9.17, 15) is 40.2 Å². The third-order valence-electron chi connectivity index (χ3n) is 8.45. The molecular formula is C35H35N3O9SSe. The number of unbranched alkanes of at least 4 members (excludes halogenated alkanes) is 9. The quantitative estimate of drug-likeness (QED) is 0.0473. The predicted octanol–water partition coefficient (Wildman–Crippen LogP) is 9.56. The molecule has 49 heavy (non-hydrogen) atoms. The summed E-state index contributed by atoms with van der Waals surface area (Å²) in [6.45, 7) is 2.86. The first-order valence-corrected chi connectivity index (χ1v) is 18.8. The zero-order valence-electron chi connectivity index (χ0n) is 26.8. The summed E-state index contributed by atoms with van der Waals surface area (Å²) < 4.78 is 6.64. The van der Waals surface area contributed by atoms with E-state index < -0.39 is 43.4 Å². The topological polar surface area (TPSA) is 176 Å². The Morgan fingerprint density at radius 3 is 1.92 bits per heavy atom. The van der Waals surface area contributed by atoms with Crippen molar-refractivity contribution < 1.29 is 29.4 Å². The van der Waals surface area contributed by atoms with Gasteiger partial charge in [-0.25, -0.2) is 0 Å². The Labute approximate surface area is 293 Å². The van der Waals surface area contributed by atoms with Gasteiger partial charge in [-0.2, -0.15) is 0 Å². The van der Waals surface area contributed by atoms with Crippen LogP contribution in [0.5, 0.6) is 5.75 Å². The molecule has 0 bridgehead atoms. The second kappa shape index (κ2) is 16.3. The molecule has 3 aromatic carbocycles. The van der Waals surface area contributed by atoms with Crippen molar-refractivity contribution in [2.24, 2.45) is 0 Å². The van der Waals surface area contributed by atoms with Crippen LogP contribution < -0.4 is 4.74 Å². The van der Waals surface area contributed by atoms with E-state index in [-0.39, 0.29) is 37.2 Å². The molecule has 1 aliphatic carbocycles. The number of non-ortho nitro benzene ring substituents is 2. The molecular weight excluding hydrogens is 717 g/mol. The fourth-order valence-corrected chi connectivity index (χ4v) is 10.0. The van der Waals surface area contributed by atoms with Crippen LogP contribution in [0.4, 0.5) is 17.1 Å². The Morgan fingerprint density at radius 2 is 1.35 bits per heavy atom. The normalized spacial score (nSPS) is 14.7. The predicted molar refractivity (Wildman–Crippen MR) is 190 cm³/mol. The Hall–Kier alpha value is -4.52. The van der Waals surface area contributed by atoms with E-state index in [1.165, 1.54) is 75.3 Å². The summed E-state index contributed by atoms with van der Waals surface area (Å²) in [5, 5.41) is 45.8. The molecule has 0 radical (unpaired) electrons. The van der Waals surface area contributed by atoms with Crippen molar-refractivity contribution in [2.75, 3.05) is 6.61 Å². The molecule has 0 atom stereocenters. The average molecular weight is 753 g/mol. The zero-order valence-corrected chi connectivity index (χ0v) is 29.4. The van der Waals surface area contributed by atoms with Crippen molar-refractivity contribution in [2.45, 2.75) is 71.1 Å². The van der Waals surface area contributed by atoms with E-state index in [1.54, 1.807) is 0 Å². The number of carbonyl (C=O) groups is 1. The Kier molecular flexibility index (Phi) is 11.9. The van der Waals surface area contributed by atoms with Gasteiger partial charge in [-0.1, -0.05) is 45.4 Å². The molecule has 1 heterocycles. The van der Waals surface area contributed by atoms with E-state index in [1.807, 2.05) is 29.2 Å². The van der Waals surface area contributed by atoms with E-state index >= 15 is 0 Å². The first kappa shape index (κ1) is 35.8. The second-order valence-corrected chi connectivity index (χ2v) is 15.3. The van der Waals surface area contributed by atoms with E-state index in [2.05, 4.69) is 6.92 Å². The molecule has 5 rings (SSSR count). The van der Waals surface area contributed by atoms with Gasteiger partial charge in [0.25, 0.3) is 0 Å². The molecule has 256 valence electrons. The van der Waals surface area contributed by atoms with Crippen molar-refractivity contribution >= 4 is 60.2 Å². The van der Waals surface area contributed by atoms with Gasteiger partial charge in [0.05, 0.1) is 0 Å². The van der Waals surface area contributed by atoms with Gasteiger partial charge in [0.15, 0.2) is 0 Å². The molecule has 0 amide bonds. The number of carboxylic acid groups (broad SMARTS) is 1. The van der Waals surface area contributed by atoms with E-state index in [4.69, 9.17) is 4.74 Å². The van der Waals surface area contributed by atoms with Gasteiger partial charge in [0, 0.05) is 0 Å². The zero-order chi connectivity index (χ0) is 35.1. The molecule has 0 unspecified atom stereocenters. The fraction of sp³-hybridized carbons (Fsp3) is 0.343. The molecule has 0 spiro atoms. The molecule has 2 aliphatic rings. The summed E-state index contributed by atoms with van der Waals surface area (Å²) in [6.07, 6.45) is 12.5. The maximum atomic E-state index is 12.3. The number of rotatable bonds is 17. The molecule has 3 aromatic rings. The number of carboxylic acids is 1. The number of ether oxygens (including phenoxy) is 1. The van der Waals surface area contributed by atoms with Crippen molar-refractivity contribution in [3.05, 3.63) is 110 Å². The number of thioether (sulfide) groups is 1. The van der Waals surface area contributed by atoms with Crippen LogP contribution in [0.2, 0.25) is 0 Å². The molecule has 1 aliphatic heterocycles. The van der Waals surface area contributed by atoms with Crippen molar-refractivity contribution in [3.8, 4) is 16.9 Å². The molecule has 0 aromatic heterocycles. The van der Waals surface area contributed by atoms with Crippen molar-refractivity contribution in [1.82, 2.24) is 0 Å². The van der Waals surface area contributed by atoms with Gasteiger partial charge in [-0.15, -0.1) is 0 Å². The Bertz CT molecular complexity index is 1770. The van der Waals surface area contributed by atoms with Crippen LogP contribution in [0.15, 0.2) is 57.3 Å². The second-order valence-electron chi connectivity index (χ2n) is 11.8. The molecule has 0 saturated carbocycles. The summed E-state index contributed by atoms with van der Waals surface area (Å²) in [4.78, 5) is 48.7. The minimum absolute atomic E-state index is 0.0639.